The van der Waals surface area contributed by atoms with Crippen LogP contribution in [-0.4, -0.2) is 153 Å². The molecule has 72 heavy (non-hydrogen) atoms. The fraction of sp³-hybridized carbons (Fsp3) is 0.500. The van der Waals surface area contributed by atoms with E-state index in [2.05, 4.69) is 25.8 Å². The number of nitrogens with zero attached hydrogens (tertiary/aromatic N) is 4. The molecule has 5 amide bonds. The van der Waals surface area contributed by atoms with Gasteiger partial charge in [-0.3, -0.25) is 24.1 Å². The zero-order valence-electron chi connectivity index (χ0n) is 40.8. The number of rotatable bonds is 23. The molecule has 1 aromatic heterocycles. The van der Waals surface area contributed by atoms with Crippen LogP contribution in [0.3, 0.4) is 0 Å². The van der Waals surface area contributed by atoms with E-state index in [0.29, 0.717) is 63.2 Å². The molecule has 7 rings (SSSR count). The number of hydrogen-bond acceptors (Lipinski definition) is 12. The summed E-state index contributed by atoms with van der Waals surface area (Å²) >= 11 is 1.40. The molecule has 0 unspecified atom stereocenters. The maximum atomic E-state index is 15.0. The fourth-order valence-corrected chi connectivity index (χ4v) is 10.3. The first-order chi connectivity index (χ1) is 34.9. The molecule has 3 fully saturated rings. The molecule has 4 aromatic rings. The van der Waals surface area contributed by atoms with Crippen molar-refractivity contribution in [2.45, 2.75) is 82.0 Å². The fourth-order valence-electron chi connectivity index (χ4n) is 9.44. The van der Waals surface area contributed by atoms with Crippen molar-refractivity contribution in [1.82, 2.24) is 30.7 Å². The minimum Gasteiger partial charge on any atom is -0.487 e. The van der Waals surface area contributed by atoms with Gasteiger partial charge in [-0.25, -0.2) is 14.2 Å². The highest BCUT2D eigenvalue weighted by atomic mass is 32.1. The first-order valence-corrected chi connectivity index (χ1v) is 25.6. The Morgan fingerprint density at radius 2 is 1.47 bits per heavy atom. The quantitative estimate of drug-likeness (QED) is 0.0650. The summed E-state index contributed by atoms with van der Waals surface area (Å²) in [6, 6.07) is 17.1. The highest BCUT2D eigenvalue weighted by Gasteiger charge is 2.43. The molecule has 0 radical (unpaired) electrons. The molecule has 388 valence electrons. The summed E-state index contributed by atoms with van der Waals surface area (Å²) in [6.07, 6.45) is 3.73. The second-order valence-electron chi connectivity index (χ2n) is 18.1. The number of nitrogens with one attached hydrogen (secondary N) is 3. The van der Waals surface area contributed by atoms with Crippen molar-refractivity contribution in [3.05, 3.63) is 101 Å². The lowest BCUT2D eigenvalue weighted by Crippen LogP contribution is -2.60. The highest BCUT2D eigenvalue weighted by Crippen LogP contribution is 2.37. The number of carbonyl (C=O) groups excluding carboxylic acids is 4. The van der Waals surface area contributed by atoms with Crippen LogP contribution in [-0.2, 0) is 33.4 Å². The van der Waals surface area contributed by atoms with Crippen molar-refractivity contribution >= 4 is 46.2 Å². The molecule has 2 saturated heterocycles. The van der Waals surface area contributed by atoms with Crippen LogP contribution in [0.15, 0.2) is 78.2 Å². The average Bonchev–Trinajstić information content (AvgIpc) is 4.12. The predicted molar refractivity (Wildman–Crippen MR) is 266 cm³/mol. The number of anilines is 1. The SMILES string of the molecule is C[C@@H](C(=O)N[C@H](C(=O)N1CCC[C@H]1C(=O)N[C@H](C(=O)NCCOCCOCCOc1c(-c2csc(N3CCOCC3)n2)ccc(F)c1F)C(c1ccccc1)c1ccccc1)C1CCCCC1)N(C)C(=O)O. The monoisotopic (exact) mass is 1020 g/mol. The Kier molecular flexibility index (Phi) is 19.7. The number of amides is 5. The summed E-state index contributed by atoms with van der Waals surface area (Å²) in [4.78, 5) is 77.8. The number of likely N-dealkylation sites (N-methyl/N-ethyl adjacent to an activating group) is 1. The van der Waals surface area contributed by atoms with Crippen molar-refractivity contribution < 1.29 is 56.8 Å². The lowest BCUT2D eigenvalue weighted by atomic mass is 9.83. The Morgan fingerprint density at radius 3 is 2.14 bits per heavy atom. The lowest BCUT2D eigenvalue weighted by Gasteiger charge is -2.36. The van der Waals surface area contributed by atoms with Crippen LogP contribution < -0.4 is 25.6 Å². The lowest BCUT2D eigenvalue weighted by molar-refractivity contribution is -0.144. The molecule has 1 saturated carbocycles. The van der Waals surface area contributed by atoms with Crippen molar-refractivity contribution in [3.8, 4) is 17.0 Å². The normalized spacial score (nSPS) is 17.5. The molecule has 4 atom stereocenters. The maximum absolute atomic E-state index is 15.0. The van der Waals surface area contributed by atoms with Crippen LogP contribution in [0, 0.1) is 17.6 Å². The summed E-state index contributed by atoms with van der Waals surface area (Å²) in [5.74, 6) is -5.23. The van der Waals surface area contributed by atoms with E-state index >= 15 is 4.39 Å². The van der Waals surface area contributed by atoms with Crippen LogP contribution in [0.1, 0.15) is 68.9 Å². The minimum absolute atomic E-state index is 0.0524. The van der Waals surface area contributed by atoms with Gasteiger partial charge in [-0.05, 0) is 61.8 Å². The number of carbonyl (C=O) groups is 5. The van der Waals surface area contributed by atoms with E-state index in [-0.39, 0.29) is 57.8 Å². The number of hydrogen-bond donors (Lipinski definition) is 4. The summed E-state index contributed by atoms with van der Waals surface area (Å²) in [7, 11) is 1.29. The van der Waals surface area contributed by atoms with Gasteiger partial charge >= 0.3 is 6.09 Å². The van der Waals surface area contributed by atoms with Crippen LogP contribution in [0.25, 0.3) is 11.3 Å². The topological polar surface area (TPSA) is 201 Å². The Hall–Kier alpha value is -6.22. The number of aromatic nitrogens is 1. The first kappa shape index (κ1) is 53.6. The summed E-state index contributed by atoms with van der Waals surface area (Å²) in [6.45, 7) is 4.74. The number of carboxylic acid groups (broad SMARTS) is 1. The van der Waals surface area contributed by atoms with Gasteiger partial charge in [0.15, 0.2) is 16.7 Å². The molecule has 2 aliphatic heterocycles. The molecular weight excluding hydrogens is 953 g/mol. The van der Waals surface area contributed by atoms with Crippen molar-refractivity contribution in [1.29, 1.82) is 0 Å². The zero-order chi connectivity index (χ0) is 51.0. The van der Waals surface area contributed by atoms with E-state index in [4.69, 9.17) is 18.9 Å². The smallest absolute Gasteiger partial charge is 0.407 e. The van der Waals surface area contributed by atoms with Crippen LogP contribution >= 0.6 is 11.3 Å². The predicted octanol–water partition coefficient (Wildman–Crippen LogP) is 5.82. The first-order valence-electron chi connectivity index (χ1n) is 24.7. The molecule has 3 heterocycles. The van der Waals surface area contributed by atoms with Gasteiger partial charge < -0.3 is 49.8 Å². The third-order valence-electron chi connectivity index (χ3n) is 13.5. The van der Waals surface area contributed by atoms with E-state index in [1.54, 1.807) is 5.38 Å². The Labute approximate surface area is 422 Å². The van der Waals surface area contributed by atoms with Crippen LogP contribution in [0.4, 0.5) is 18.7 Å². The molecule has 0 spiro atoms. The van der Waals surface area contributed by atoms with Gasteiger partial charge in [0.25, 0.3) is 0 Å². The molecule has 1 aliphatic carbocycles. The molecule has 3 aliphatic rings. The maximum Gasteiger partial charge on any atom is 0.407 e. The number of thiazole rings is 1. The second kappa shape index (κ2) is 26.5. The molecule has 17 nitrogen and oxygen atoms in total. The molecule has 0 bridgehead atoms. The summed E-state index contributed by atoms with van der Waals surface area (Å²) in [5, 5.41) is 20.9. The van der Waals surface area contributed by atoms with Crippen LogP contribution in [0.5, 0.6) is 5.75 Å². The van der Waals surface area contributed by atoms with Gasteiger partial charge in [0.05, 0.1) is 45.3 Å². The van der Waals surface area contributed by atoms with Crippen molar-refractivity contribution in [3.63, 3.8) is 0 Å². The van der Waals surface area contributed by atoms with E-state index < -0.39 is 71.4 Å². The zero-order valence-corrected chi connectivity index (χ0v) is 41.6. The van der Waals surface area contributed by atoms with Crippen molar-refractivity contribution in [2.75, 3.05) is 84.4 Å². The average molecular weight is 1020 g/mol. The second-order valence-corrected chi connectivity index (χ2v) is 19.0. The van der Waals surface area contributed by atoms with Gasteiger partial charge in [-0.2, -0.15) is 4.39 Å². The van der Waals surface area contributed by atoms with E-state index in [9.17, 15) is 33.5 Å². The Bertz CT molecular complexity index is 2390. The van der Waals surface area contributed by atoms with E-state index in [1.807, 2.05) is 60.7 Å². The summed E-state index contributed by atoms with van der Waals surface area (Å²) in [5.41, 5.74) is 2.35. The van der Waals surface area contributed by atoms with Gasteiger partial charge in [0.2, 0.25) is 29.4 Å². The van der Waals surface area contributed by atoms with Crippen LogP contribution in [0.2, 0.25) is 0 Å². The number of halogens is 2. The number of benzene rings is 3. The number of likely N-dealkylation sites (tertiary alicyclic amines) is 1. The molecular formula is C52H65F2N7O10S. The van der Waals surface area contributed by atoms with Gasteiger partial charge in [0.1, 0.15) is 30.8 Å². The number of ether oxygens (including phenoxy) is 4. The highest BCUT2D eigenvalue weighted by molar-refractivity contribution is 7.14. The van der Waals surface area contributed by atoms with Gasteiger partial charge in [0, 0.05) is 50.1 Å². The third kappa shape index (κ3) is 13.8. The Balaban J connectivity index is 0.952. The number of morpholine rings is 1. The minimum atomic E-state index is -1.28. The standard InChI is InChI=1S/C52H65F2N7O10S/c1-34(59(2)52(66)67)47(62)57-44(37-17-10-5-11-18-37)50(65)61-23-12-19-41(61)48(63)58-45(42(35-13-6-3-7-14-35)36-15-8-4-9-16-36)49(64)55-22-26-68-29-30-70-31-32-71-46-38(20-21-39(53)43(46)54)40-33-72-51(56-40)60-24-27-69-28-25-60/h3-4,6-9,13-16,20-21,33-34,37,41-42,44-45H,5,10-12,17-19,22-32H2,1-2H3,(H,55,64)(H,57,62)(H,58,63)(H,66,67)/t34-,41-,44-,45-/m0/s1. The largest absolute Gasteiger partial charge is 0.487 e. The van der Waals surface area contributed by atoms with E-state index in [0.717, 1.165) is 46.5 Å². The van der Waals surface area contributed by atoms with E-state index in [1.165, 1.54) is 36.3 Å². The van der Waals surface area contributed by atoms with Gasteiger partial charge in [-0.1, -0.05) is 79.9 Å². The summed E-state index contributed by atoms with van der Waals surface area (Å²) < 4.78 is 51.9. The Morgan fingerprint density at radius 1 is 0.819 bits per heavy atom. The molecule has 4 N–H and O–H groups in total. The molecule has 20 heteroatoms. The van der Waals surface area contributed by atoms with Crippen molar-refractivity contribution in [2.24, 2.45) is 5.92 Å². The molecule has 3 aromatic carbocycles. The third-order valence-corrected chi connectivity index (χ3v) is 14.4. The van der Waals surface area contributed by atoms with Gasteiger partial charge in [-0.15, -0.1) is 11.3 Å².